The quantitative estimate of drug-likeness (QED) is 0.599. The van der Waals surface area contributed by atoms with Crippen molar-refractivity contribution in [2.24, 2.45) is 17.3 Å². The van der Waals surface area contributed by atoms with Crippen molar-refractivity contribution in [2.45, 2.75) is 72.0 Å². The lowest BCUT2D eigenvalue weighted by Gasteiger charge is -2.50. The molecule has 4 atom stereocenters. The van der Waals surface area contributed by atoms with Crippen molar-refractivity contribution in [3.8, 4) is 0 Å². The lowest BCUT2D eigenvalue weighted by Crippen LogP contribution is -2.46. The summed E-state index contributed by atoms with van der Waals surface area (Å²) >= 11 is 0. The summed E-state index contributed by atoms with van der Waals surface area (Å²) in [6.45, 7) is 10.3. The zero-order chi connectivity index (χ0) is 16.5. The standard InChI is InChI=1S/C20H32O2/c1-14(7-6-11-19(3,4)22)16-10-12-20(5)17(13-16)15(2)8-9-18(20)21/h6-8,11,16-18,21-22H,9-10,12-13H2,1-5H3/b11-6+,14-7+/t16?,17-,18+,20+/m0/s1. The van der Waals surface area contributed by atoms with Gasteiger partial charge in [-0.2, -0.15) is 0 Å². The van der Waals surface area contributed by atoms with Crippen LogP contribution in [0.1, 0.15) is 60.3 Å². The largest absolute Gasteiger partial charge is 0.392 e. The number of fused-ring (bicyclic) bond motifs is 1. The van der Waals surface area contributed by atoms with Crippen molar-refractivity contribution < 1.29 is 10.2 Å². The molecule has 2 aliphatic carbocycles. The van der Waals surface area contributed by atoms with Gasteiger partial charge in [0.05, 0.1) is 11.7 Å². The molecule has 2 N–H and O–H groups in total. The van der Waals surface area contributed by atoms with Crippen LogP contribution in [0, 0.1) is 17.3 Å². The normalized spacial score (nSPS) is 37.1. The number of allylic oxidation sites excluding steroid dienone is 4. The first-order valence-electron chi connectivity index (χ1n) is 8.56. The molecule has 1 unspecified atom stereocenters. The van der Waals surface area contributed by atoms with Gasteiger partial charge in [-0.15, -0.1) is 0 Å². The molecule has 0 bridgehead atoms. The Morgan fingerprint density at radius 2 is 2.09 bits per heavy atom. The molecule has 2 rings (SSSR count). The van der Waals surface area contributed by atoms with E-state index in [1.807, 2.05) is 12.2 Å². The maximum atomic E-state index is 10.4. The van der Waals surface area contributed by atoms with E-state index >= 15 is 0 Å². The maximum absolute atomic E-state index is 10.4. The van der Waals surface area contributed by atoms with Crippen LogP contribution >= 0.6 is 0 Å². The highest BCUT2D eigenvalue weighted by molar-refractivity contribution is 5.22. The zero-order valence-corrected chi connectivity index (χ0v) is 14.8. The highest BCUT2D eigenvalue weighted by Gasteiger charge is 2.46. The second-order valence-corrected chi connectivity index (χ2v) is 8.15. The van der Waals surface area contributed by atoms with Crippen molar-refractivity contribution in [3.05, 3.63) is 35.5 Å². The van der Waals surface area contributed by atoms with Gasteiger partial charge in [0.1, 0.15) is 0 Å². The number of aliphatic hydroxyl groups excluding tert-OH is 1. The van der Waals surface area contributed by atoms with Gasteiger partial charge in [0, 0.05) is 5.41 Å². The van der Waals surface area contributed by atoms with Gasteiger partial charge in [0.2, 0.25) is 0 Å². The summed E-state index contributed by atoms with van der Waals surface area (Å²) < 4.78 is 0. The Morgan fingerprint density at radius 1 is 1.41 bits per heavy atom. The van der Waals surface area contributed by atoms with E-state index in [0.717, 1.165) is 25.7 Å². The summed E-state index contributed by atoms with van der Waals surface area (Å²) in [5.41, 5.74) is 2.14. The first-order valence-corrected chi connectivity index (χ1v) is 8.56. The topological polar surface area (TPSA) is 40.5 Å². The van der Waals surface area contributed by atoms with Gasteiger partial charge < -0.3 is 10.2 Å². The van der Waals surface area contributed by atoms with Gasteiger partial charge in [-0.25, -0.2) is 0 Å². The van der Waals surface area contributed by atoms with Gasteiger partial charge >= 0.3 is 0 Å². The lowest BCUT2D eigenvalue weighted by atomic mass is 9.56. The Balaban J connectivity index is 2.11. The van der Waals surface area contributed by atoms with E-state index in [4.69, 9.17) is 0 Å². The Labute approximate surface area is 135 Å². The molecule has 2 aliphatic rings. The number of aliphatic hydroxyl groups is 2. The lowest BCUT2D eigenvalue weighted by molar-refractivity contribution is -0.0357. The van der Waals surface area contributed by atoms with Gasteiger partial charge in [-0.05, 0) is 65.2 Å². The molecule has 0 spiro atoms. The predicted molar refractivity (Wildman–Crippen MR) is 92.5 cm³/mol. The van der Waals surface area contributed by atoms with E-state index < -0.39 is 5.60 Å². The van der Waals surface area contributed by atoms with Crippen LogP contribution < -0.4 is 0 Å². The molecule has 2 heteroatoms. The highest BCUT2D eigenvalue weighted by atomic mass is 16.3. The molecule has 0 aliphatic heterocycles. The molecule has 0 heterocycles. The SMILES string of the molecule is CC1=CC[C@@H](O)[C@]2(C)CCC(/C(C)=C/C=C/C(C)(C)O)C[C@@H]12. The van der Waals surface area contributed by atoms with Crippen LogP contribution in [0.3, 0.4) is 0 Å². The summed E-state index contributed by atoms with van der Waals surface area (Å²) in [6, 6.07) is 0. The van der Waals surface area contributed by atoms with Crippen molar-refractivity contribution in [1.82, 2.24) is 0 Å². The summed E-state index contributed by atoms with van der Waals surface area (Å²) in [7, 11) is 0. The molecular weight excluding hydrogens is 272 g/mol. The van der Waals surface area contributed by atoms with Crippen molar-refractivity contribution in [1.29, 1.82) is 0 Å². The average Bonchev–Trinajstić information content (AvgIpc) is 2.42. The maximum Gasteiger partial charge on any atom is 0.0774 e. The van der Waals surface area contributed by atoms with Gasteiger partial charge in [-0.1, -0.05) is 42.4 Å². The fraction of sp³-hybridized carbons (Fsp3) is 0.700. The van der Waals surface area contributed by atoms with Crippen LogP contribution in [0.25, 0.3) is 0 Å². The Bertz CT molecular complexity index is 492. The van der Waals surface area contributed by atoms with E-state index in [9.17, 15) is 10.2 Å². The third-order valence-electron chi connectivity index (χ3n) is 5.83. The molecule has 0 amide bonds. The summed E-state index contributed by atoms with van der Waals surface area (Å²) in [5.74, 6) is 1.08. The molecule has 1 fully saturated rings. The molecule has 0 aromatic rings. The van der Waals surface area contributed by atoms with Crippen molar-refractivity contribution in [2.75, 3.05) is 0 Å². The van der Waals surface area contributed by atoms with Crippen LogP contribution in [-0.2, 0) is 0 Å². The molecule has 124 valence electrons. The number of hydrogen-bond acceptors (Lipinski definition) is 2. The minimum atomic E-state index is -0.755. The van der Waals surface area contributed by atoms with Gasteiger partial charge in [-0.3, -0.25) is 0 Å². The monoisotopic (exact) mass is 304 g/mol. The fourth-order valence-electron chi connectivity index (χ4n) is 4.13. The molecule has 0 radical (unpaired) electrons. The highest BCUT2D eigenvalue weighted by Crippen LogP contribution is 2.53. The van der Waals surface area contributed by atoms with Crippen LogP contribution in [-0.4, -0.2) is 21.9 Å². The second kappa shape index (κ2) is 6.33. The minimum absolute atomic E-state index is 0.0541. The Morgan fingerprint density at radius 3 is 2.73 bits per heavy atom. The van der Waals surface area contributed by atoms with Crippen molar-refractivity contribution in [3.63, 3.8) is 0 Å². The minimum Gasteiger partial charge on any atom is -0.392 e. The molecule has 0 saturated heterocycles. The predicted octanol–water partition coefficient (Wildman–Crippen LogP) is 4.39. The van der Waals surface area contributed by atoms with Crippen LogP contribution in [0.2, 0.25) is 0 Å². The molecule has 1 saturated carbocycles. The smallest absolute Gasteiger partial charge is 0.0774 e. The average molecular weight is 304 g/mol. The van der Waals surface area contributed by atoms with E-state index in [2.05, 4.69) is 32.9 Å². The van der Waals surface area contributed by atoms with Crippen LogP contribution in [0.15, 0.2) is 35.5 Å². The third kappa shape index (κ3) is 3.72. The molecule has 22 heavy (non-hydrogen) atoms. The van der Waals surface area contributed by atoms with E-state index in [0.29, 0.717) is 11.8 Å². The van der Waals surface area contributed by atoms with Gasteiger partial charge in [0.25, 0.3) is 0 Å². The first kappa shape index (κ1) is 17.5. The fourth-order valence-corrected chi connectivity index (χ4v) is 4.13. The molecule has 2 nitrogen and oxygen atoms in total. The second-order valence-electron chi connectivity index (χ2n) is 8.15. The molecule has 0 aromatic carbocycles. The number of rotatable bonds is 3. The molecule has 0 aromatic heterocycles. The zero-order valence-electron chi connectivity index (χ0n) is 14.8. The van der Waals surface area contributed by atoms with E-state index in [1.54, 1.807) is 13.8 Å². The van der Waals surface area contributed by atoms with E-state index in [1.165, 1.54) is 11.1 Å². The first-order chi connectivity index (χ1) is 10.1. The Hall–Kier alpha value is -0.860. The number of hydrogen-bond donors (Lipinski definition) is 2. The van der Waals surface area contributed by atoms with E-state index in [-0.39, 0.29) is 11.5 Å². The third-order valence-corrected chi connectivity index (χ3v) is 5.83. The molecular formula is C20H32O2. The summed E-state index contributed by atoms with van der Waals surface area (Å²) in [5, 5.41) is 20.2. The summed E-state index contributed by atoms with van der Waals surface area (Å²) in [4.78, 5) is 0. The Kier molecular flexibility index (Phi) is 5.03. The van der Waals surface area contributed by atoms with Crippen LogP contribution in [0.5, 0.6) is 0 Å². The summed E-state index contributed by atoms with van der Waals surface area (Å²) in [6.07, 6.45) is 12.2. The van der Waals surface area contributed by atoms with Crippen LogP contribution in [0.4, 0.5) is 0 Å². The van der Waals surface area contributed by atoms with Gasteiger partial charge in [0.15, 0.2) is 0 Å². The van der Waals surface area contributed by atoms with Crippen molar-refractivity contribution >= 4 is 0 Å².